The molecule has 7 nitrogen and oxygen atoms in total. The van der Waals surface area contributed by atoms with Crippen LogP contribution in [-0.4, -0.2) is 60.6 Å². The molecule has 0 aromatic heterocycles. The third-order valence-electron chi connectivity index (χ3n) is 4.17. The Bertz CT molecular complexity index is 406. The molecule has 0 radical (unpaired) electrons. The minimum atomic E-state index is -0.906. The zero-order valence-electron chi connectivity index (χ0n) is 12.0. The van der Waals surface area contributed by atoms with E-state index in [2.05, 4.69) is 5.32 Å². The van der Waals surface area contributed by atoms with Gasteiger partial charge in [0.1, 0.15) is 0 Å². The number of aliphatic carboxylic acids is 1. The maximum absolute atomic E-state index is 12.0. The van der Waals surface area contributed by atoms with Crippen molar-refractivity contribution in [2.24, 2.45) is 11.8 Å². The first kappa shape index (κ1) is 15.8. The lowest BCUT2D eigenvalue weighted by atomic mass is 9.95. The monoisotopic (exact) mass is 298 g/mol. The van der Waals surface area contributed by atoms with Crippen LogP contribution in [0.25, 0.3) is 0 Å². The van der Waals surface area contributed by atoms with E-state index in [1.165, 1.54) is 0 Å². The van der Waals surface area contributed by atoms with Gasteiger partial charge in [-0.1, -0.05) is 6.42 Å². The van der Waals surface area contributed by atoms with Crippen molar-refractivity contribution in [3.8, 4) is 0 Å². The number of carboxylic acid groups (broad SMARTS) is 1. The van der Waals surface area contributed by atoms with Crippen molar-refractivity contribution in [3.63, 3.8) is 0 Å². The maximum atomic E-state index is 12.0. The molecule has 2 N–H and O–H groups in total. The number of carboxylic acids is 1. The molecule has 1 aliphatic carbocycles. The van der Waals surface area contributed by atoms with E-state index < -0.39 is 17.8 Å². The van der Waals surface area contributed by atoms with Crippen molar-refractivity contribution >= 4 is 17.8 Å². The van der Waals surface area contributed by atoms with Crippen molar-refractivity contribution < 1.29 is 24.2 Å². The molecule has 118 valence electrons. The van der Waals surface area contributed by atoms with Crippen molar-refractivity contribution in [2.75, 3.05) is 32.8 Å². The molecule has 2 aliphatic rings. The van der Waals surface area contributed by atoms with Gasteiger partial charge in [-0.2, -0.15) is 0 Å². The minimum Gasteiger partial charge on any atom is -0.481 e. The van der Waals surface area contributed by atoms with Crippen LogP contribution in [-0.2, 0) is 19.1 Å². The fraction of sp³-hybridized carbons (Fsp3) is 0.786. The highest BCUT2D eigenvalue weighted by atomic mass is 16.5. The van der Waals surface area contributed by atoms with Crippen LogP contribution in [0.4, 0.5) is 0 Å². The van der Waals surface area contributed by atoms with E-state index in [9.17, 15) is 14.4 Å². The Morgan fingerprint density at radius 2 is 1.81 bits per heavy atom. The summed E-state index contributed by atoms with van der Waals surface area (Å²) in [5, 5.41) is 11.8. The number of carbonyl (C=O) groups is 3. The van der Waals surface area contributed by atoms with E-state index in [0.29, 0.717) is 39.1 Å². The number of amides is 2. The lowest BCUT2D eigenvalue weighted by Gasteiger charge is -2.27. The molecule has 0 spiro atoms. The average molecular weight is 298 g/mol. The summed E-state index contributed by atoms with van der Waals surface area (Å²) >= 11 is 0. The molecule has 1 heterocycles. The molecule has 2 amide bonds. The van der Waals surface area contributed by atoms with Crippen molar-refractivity contribution in [3.05, 3.63) is 0 Å². The van der Waals surface area contributed by atoms with Gasteiger partial charge in [-0.15, -0.1) is 0 Å². The number of morpholine rings is 1. The van der Waals surface area contributed by atoms with Gasteiger partial charge in [0.25, 0.3) is 0 Å². The highest BCUT2D eigenvalue weighted by molar-refractivity contribution is 5.85. The number of ether oxygens (including phenoxy) is 1. The molecule has 0 aromatic rings. The van der Waals surface area contributed by atoms with Crippen molar-refractivity contribution in [2.45, 2.75) is 25.7 Å². The first-order valence-corrected chi connectivity index (χ1v) is 7.45. The quantitative estimate of drug-likeness (QED) is 0.736. The second-order valence-corrected chi connectivity index (χ2v) is 5.52. The summed E-state index contributed by atoms with van der Waals surface area (Å²) in [7, 11) is 0. The van der Waals surface area contributed by atoms with E-state index in [4.69, 9.17) is 9.84 Å². The average Bonchev–Trinajstić information content (AvgIpc) is 2.97. The Hall–Kier alpha value is -1.63. The summed E-state index contributed by atoms with van der Waals surface area (Å²) in [6, 6.07) is 0. The standard InChI is InChI=1S/C14H22N2O5/c17-12(16-6-8-21-9-7-16)4-5-15-13(18)10-2-1-3-11(10)14(19)20/h10-11H,1-9H2,(H,15,18)(H,19,20)/t10-,11+/m1/s1. The normalized spacial score (nSPS) is 25.6. The SMILES string of the molecule is O=C(O)[C@H]1CCC[C@H]1C(=O)NCCC(=O)N1CCOCC1. The molecule has 1 aliphatic heterocycles. The van der Waals surface area contributed by atoms with E-state index >= 15 is 0 Å². The van der Waals surface area contributed by atoms with Gasteiger partial charge in [-0.3, -0.25) is 14.4 Å². The highest BCUT2D eigenvalue weighted by Gasteiger charge is 2.37. The van der Waals surface area contributed by atoms with Gasteiger partial charge >= 0.3 is 5.97 Å². The van der Waals surface area contributed by atoms with Crippen LogP contribution < -0.4 is 5.32 Å². The van der Waals surface area contributed by atoms with Crippen molar-refractivity contribution in [1.82, 2.24) is 10.2 Å². The van der Waals surface area contributed by atoms with Gasteiger partial charge in [0.2, 0.25) is 11.8 Å². The Balaban J connectivity index is 1.71. The van der Waals surface area contributed by atoms with Gasteiger partial charge in [-0.25, -0.2) is 0 Å². The van der Waals surface area contributed by atoms with Crippen LogP contribution in [0.2, 0.25) is 0 Å². The molecular formula is C14H22N2O5. The zero-order valence-corrected chi connectivity index (χ0v) is 12.0. The first-order valence-electron chi connectivity index (χ1n) is 7.45. The first-order chi connectivity index (χ1) is 10.1. The molecule has 1 saturated carbocycles. The van der Waals surface area contributed by atoms with Gasteiger partial charge in [0.15, 0.2) is 0 Å². The number of nitrogens with zero attached hydrogens (tertiary/aromatic N) is 1. The van der Waals surface area contributed by atoms with Crippen LogP contribution in [0.1, 0.15) is 25.7 Å². The largest absolute Gasteiger partial charge is 0.481 e. The third kappa shape index (κ3) is 4.17. The summed E-state index contributed by atoms with van der Waals surface area (Å²) in [5.74, 6) is -2.19. The Morgan fingerprint density at radius 3 is 2.48 bits per heavy atom. The summed E-state index contributed by atoms with van der Waals surface area (Å²) < 4.78 is 5.18. The molecule has 1 saturated heterocycles. The molecule has 7 heteroatoms. The van der Waals surface area contributed by atoms with Crippen LogP contribution in [0.3, 0.4) is 0 Å². The van der Waals surface area contributed by atoms with Gasteiger partial charge in [-0.05, 0) is 12.8 Å². The Morgan fingerprint density at radius 1 is 1.14 bits per heavy atom. The van der Waals surface area contributed by atoms with Crippen LogP contribution in [0, 0.1) is 11.8 Å². The summed E-state index contributed by atoms with van der Waals surface area (Å²) in [6.07, 6.45) is 2.18. The number of rotatable bonds is 5. The topological polar surface area (TPSA) is 95.9 Å². The van der Waals surface area contributed by atoms with Gasteiger partial charge < -0.3 is 20.1 Å². The van der Waals surface area contributed by atoms with E-state index in [1.807, 2.05) is 0 Å². The zero-order chi connectivity index (χ0) is 15.2. The lowest BCUT2D eigenvalue weighted by molar-refractivity contribution is -0.146. The summed E-state index contributed by atoms with van der Waals surface area (Å²) in [4.78, 5) is 36.7. The van der Waals surface area contributed by atoms with Crippen LogP contribution in [0.5, 0.6) is 0 Å². The number of hydrogen-bond donors (Lipinski definition) is 2. The predicted molar refractivity (Wildman–Crippen MR) is 73.5 cm³/mol. The van der Waals surface area contributed by atoms with Crippen LogP contribution >= 0.6 is 0 Å². The number of hydrogen-bond acceptors (Lipinski definition) is 4. The summed E-state index contributed by atoms with van der Waals surface area (Å²) in [5.41, 5.74) is 0. The molecule has 2 atom stereocenters. The molecule has 0 aromatic carbocycles. The molecule has 21 heavy (non-hydrogen) atoms. The van der Waals surface area contributed by atoms with E-state index in [-0.39, 0.29) is 24.8 Å². The molecular weight excluding hydrogens is 276 g/mol. The molecule has 0 bridgehead atoms. The highest BCUT2D eigenvalue weighted by Crippen LogP contribution is 2.31. The minimum absolute atomic E-state index is 0.000179. The second kappa shape index (κ2) is 7.40. The third-order valence-corrected chi connectivity index (χ3v) is 4.17. The van der Waals surface area contributed by atoms with Crippen LogP contribution in [0.15, 0.2) is 0 Å². The molecule has 2 fully saturated rings. The fourth-order valence-electron chi connectivity index (χ4n) is 2.96. The maximum Gasteiger partial charge on any atom is 0.307 e. The fourth-order valence-corrected chi connectivity index (χ4v) is 2.96. The molecule has 0 unspecified atom stereocenters. The Labute approximate surface area is 123 Å². The van der Waals surface area contributed by atoms with E-state index in [0.717, 1.165) is 6.42 Å². The predicted octanol–water partition coefficient (Wildman–Crippen LogP) is -0.148. The smallest absolute Gasteiger partial charge is 0.307 e. The lowest BCUT2D eigenvalue weighted by Crippen LogP contribution is -2.42. The number of nitrogens with one attached hydrogen (secondary N) is 1. The Kier molecular flexibility index (Phi) is 5.55. The second-order valence-electron chi connectivity index (χ2n) is 5.52. The van der Waals surface area contributed by atoms with Crippen molar-refractivity contribution in [1.29, 1.82) is 0 Å². The van der Waals surface area contributed by atoms with Gasteiger partial charge in [0, 0.05) is 26.1 Å². The van der Waals surface area contributed by atoms with Gasteiger partial charge in [0.05, 0.1) is 25.0 Å². The van der Waals surface area contributed by atoms with E-state index in [1.54, 1.807) is 4.90 Å². The summed E-state index contributed by atoms with van der Waals surface area (Å²) in [6.45, 7) is 2.56. The number of carbonyl (C=O) groups excluding carboxylic acids is 2. The molecule has 2 rings (SSSR count).